The van der Waals surface area contributed by atoms with Gasteiger partial charge in [-0.25, -0.2) is 9.78 Å². The molecule has 1 aromatic heterocycles. The van der Waals surface area contributed by atoms with E-state index >= 15 is 0 Å². The number of rotatable bonds is 4. The first-order valence-electron chi connectivity index (χ1n) is 9.36. The Morgan fingerprint density at radius 2 is 2.04 bits per heavy atom. The summed E-state index contributed by atoms with van der Waals surface area (Å²) in [6.07, 6.45) is 7.46. The van der Waals surface area contributed by atoms with Crippen LogP contribution in [0, 0.1) is 11.8 Å². The molecule has 0 radical (unpaired) electrons. The van der Waals surface area contributed by atoms with E-state index in [4.69, 9.17) is 4.74 Å². The minimum Gasteiger partial charge on any atom is -0.462 e. The van der Waals surface area contributed by atoms with Crippen molar-refractivity contribution in [2.45, 2.75) is 38.6 Å². The molecule has 2 saturated carbocycles. The summed E-state index contributed by atoms with van der Waals surface area (Å²) >= 11 is 0. The highest BCUT2D eigenvalue weighted by Gasteiger charge is 2.42. The number of anilines is 1. The van der Waals surface area contributed by atoms with Gasteiger partial charge in [0.15, 0.2) is 0 Å². The van der Waals surface area contributed by atoms with Crippen molar-refractivity contribution in [3.8, 4) is 0 Å². The molecule has 5 nitrogen and oxygen atoms in total. The number of fused-ring (bicyclic) bond motifs is 2. The summed E-state index contributed by atoms with van der Waals surface area (Å²) in [6, 6.07) is 4.60. The van der Waals surface area contributed by atoms with Gasteiger partial charge in [0, 0.05) is 38.4 Å². The second-order valence-corrected chi connectivity index (χ2v) is 7.39. The highest BCUT2D eigenvalue weighted by molar-refractivity contribution is 5.89. The zero-order valence-corrected chi connectivity index (χ0v) is 14.5. The fraction of sp³-hybridized carbons (Fsp3) is 0.684. The molecule has 3 fully saturated rings. The van der Waals surface area contributed by atoms with Crippen LogP contribution in [-0.4, -0.2) is 54.7 Å². The van der Waals surface area contributed by atoms with Gasteiger partial charge < -0.3 is 9.64 Å². The number of nitrogens with zero attached hydrogens (tertiary/aromatic N) is 3. The number of esters is 1. The number of carbonyl (C=O) groups is 1. The second-order valence-electron chi connectivity index (χ2n) is 7.39. The Balaban J connectivity index is 1.33. The largest absolute Gasteiger partial charge is 0.462 e. The van der Waals surface area contributed by atoms with Gasteiger partial charge in [-0.2, -0.15) is 0 Å². The molecule has 0 amide bonds. The Kier molecular flexibility index (Phi) is 4.44. The molecular weight excluding hydrogens is 302 g/mol. The van der Waals surface area contributed by atoms with Gasteiger partial charge in [0.2, 0.25) is 0 Å². The molecule has 3 atom stereocenters. The highest BCUT2D eigenvalue weighted by atomic mass is 16.5. The second kappa shape index (κ2) is 6.71. The number of ether oxygens (including phenoxy) is 1. The van der Waals surface area contributed by atoms with Gasteiger partial charge in [0.1, 0.15) is 5.82 Å². The van der Waals surface area contributed by atoms with Crippen molar-refractivity contribution in [2.24, 2.45) is 11.8 Å². The molecule has 3 unspecified atom stereocenters. The van der Waals surface area contributed by atoms with E-state index in [9.17, 15) is 4.79 Å². The lowest BCUT2D eigenvalue weighted by Gasteiger charge is -2.41. The van der Waals surface area contributed by atoms with Crippen LogP contribution in [0.2, 0.25) is 0 Å². The molecule has 1 aliphatic heterocycles. The first kappa shape index (κ1) is 15.9. The van der Waals surface area contributed by atoms with Crippen molar-refractivity contribution in [3.63, 3.8) is 0 Å². The molecule has 2 heterocycles. The summed E-state index contributed by atoms with van der Waals surface area (Å²) in [4.78, 5) is 21.2. The van der Waals surface area contributed by atoms with Gasteiger partial charge in [-0.15, -0.1) is 0 Å². The molecule has 4 rings (SSSR count). The predicted octanol–water partition coefficient (Wildman–Crippen LogP) is 2.57. The first-order chi connectivity index (χ1) is 11.7. The quantitative estimate of drug-likeness (QED) is 0.795. The van der Waals surface area contributed by atoms with Gasteiger partial charge >= 0.3 is 5.97 Å². The summed E-state index contributed by atoms with van der Waals surface area (Å²) in [5.41, 5.74) is 0.529. The van der Waals surface area contributed by atoms with Crippen molar-refractivity contribution in [1.29, 1.82) is 0 Å². The van der Waals surface area contributed by atoms with Crippen LogP contribution in [0.3, 0.4) is 0 Å². The lowest BCUT2D eigenvalue weighted by Crippen LogP contribution is -2.52. The van der Waals surface area contributed by atoms with Gasteiger partial charge in [-0.3, -0.25) is 4.90 Å². The third-order valence-corrected chi connectivity index (χ3v) is 6.07. The van der Waals surface area contributed by atoms with Crippen LogP contribution >= 0.6 is 0 Å². The number of piperazine rings is 1. The molecule has 0 aromatic carbocycles. The Hall–Kier alpha value is -1.62. The monoisotopic (exact) mass is 329 g/mol. The highest BCUT2D eigenvalue weighted by Crippen LogP contribution is 2.46. The van der Waals surface area contributed by atoms with E-state index in [1.807, 2.05) is 19.1 Å². The summed E-state index contributed by atoms with van der Waals surface area (Å²) < 4.78 is 5.01. The minimum absolute atomic E-state index is 0.294. The van der Waals surface area contributed by atoms with Gasteiger partial charge in [0.05, 0.1) is 12.2 Å². The predicted molar refractivity (Wildman–Crippen MR) is 93.2 cm³/mol. The molecule has 2 bridgehead atoms. The molecule has 24 heavy (non-hydrogen) atoms. The number of aromatic nitrogens is 1. The number of carbonyl (C=O) groups excluding carboxylic acids is 1. The van der Waals surface area contributed by atoms with E-state index in [1.165, 1.54) is 25.7 Å². The third kappa shape index (κ3) is 3.02. The molecule has 130 valence electrons. The lowest BCUT2D eigenvalue weighted by molar-refractivity contribution is 0.0526. The van der Waals surface area contributed by atoms with Crippen LogP contribution in [0.4, 0.5) is 5.82 Å². The normalized spacial score (nSPS) is 29.9. The zero-order chi connectivity index (χ0) is 16.5. The molecule has 0 N–H and O–H groups in total. The van der Waals surface area contributed by atoms with E-state index in [0.717, 1.165) is 49.9 Å². The fourth-order valence-electron chi connectivity index (χ4n) is 4.85. The maximum Gasteiger partial charge on any atom is 0.339 e. The van der Waals surface area contributed by atoms with E-state index in [0.29, 0.717) is 12.2 Å². The van der Waals surface area contributed by atoms with E-state index in [-0.39, 0.29) is 5.97 Å². The average Bonchev–Trinajstić information content (AvgIpc) is 3.26. The molecule has 2 aliphatic carbocycles. The van der Waals surface area contributed by atoms with Gasteiger partial charge in [-0.05, 0) is 50.2 Å². The topological polar surface area (TPSA) is 45.7 Å². The Morgan fingerprint density at radius 3 is 2.62 bits per heavy atom. The van der Waals surface area contributed by atoms with E-state index in [2.05, 4.69) is 14.8 Å². The van der Waals surface area contributed by atoms with Crippen molar-refractivity contribution < 1.29 is 9.53 Å². The van der Waals surface area contributed by atoms with Crippen LogP contribution in [-0.2, 0) is 4.74 Å². The van der Waals surface area contributed by atoms with Crippen LogP contribution in [0.15, 0.2) is 18.3 Å². The molecule has 1 aromatic rings. The molecule has 3 aliphatic rings. The van der Waals surface area contributed by atoms with Crippen molar-refractivity contribution in [3.05, 3.63) is 23.9 Å². The third-order valence-electron chi connectivity index (χ3n) is 6.07. The molecule has 0 spiro atoms. The molecular formula is C19H27N3O2. The summed E-state index contributed by atoms with van der Waals surface area (Å²) in [5, 5.41) is 0. The van der Waals surface area contributed by atoms with Gasteiger partial charge in [-0.1, -0.05) is 6.42 Å². The van der Waals surface area contributed by atoms with Crippen molar-refractivity contribution in [2.75, 3.05) is 37.7 Å². The Morgan fingerprint density at radius 1 is 1.21 bits per heavy atom. The number of pyridine rings is 1. The van der Waals surface area contributed by atoms with Crippen molar-refractivity contribution in [1.82, 2.24) is 9.88 Å². The lowest BCUT2D eigenvalue weighted by atomic mass is 9.93. The van der Waals surface area contributed by atoms with Crippen LogP contribution in [0.1, 0.15) is 43.0 Å². The van der Waals surface area contributed by atoms with E-state index in [1.54, 1.807) is 6.20 Å². The standard InChI is InChI=1S/C19H27N3O2/c1-2-24-19(23)16-5-6-18(20-13-16)22-9-7-21(8-10-22)17-12-14-3-4-15(17)11-14/h5-6,13-15,17H,2-4,7-12H2,1H3. The smallest absolute Gasteiger partial charge is 0.339 e. The number of hydrogen-bond acceptors (Lipinski definition) is 5. The maximum absolute atomic E-state index is 11.7. The minimum atomic E-state index is -0.294. The van der Waals surface area contributed by atoms with Crippen LogP contribution in [0.25, 0.3) is 0 Å². The Bertz CT molecular complexity index is 581. The Labute approximate surface area is 144 Å². The first-order valence-corrected chi connectivity index (χ1v) is 9.36. The van der Waals surface area contributed by atoms with Gasteiger partial charge in [0.25, 0.3) is 0 Å². The van der Waals surface area contributed by atoms with Crippen LogP contribution in [0.5, 0.6) is 0 Å². The summed E-state index contributed by atoms with van der Waals surface area (Å²) in [5.74, 6) is 2.65. The molecule has 5 heteroatoms. The number of hydrogen-bond donors (Lipinski definition) is 0. The maximum atomic E-state index is 11.7. The average molecular weight is 329 g/mol. The fourth-order valence-corrected chi connectivity index (χ4v) is 4.85. The molecule has 1 saturated heterocycles. The van der Waals surface area contributed by atoms with E-state index < -0.39 is 0 Å². The van der Waals surface area contributed by atoms with Crippen molar-refractivity contribution >= 4 is 11.8 Å². The zero-order valence-electron chi connectivity index (χ0n) is 14.5. The van der Waals surface area contributed by atoms with Crippen LogP contribution < -0.4 is 4.90 Å². The SMILES string of the molecule is CCOC(=O)c1ccc(N2CCN(C3CC4CCC3C4)CC2)nc1. The summed E-state index contributed by atoms with van der Waals surface area (Å²) in [7, 11) is 0. The summed E-state index contributed by atoms with van der Waals surface area (Å²) in [6.45, 7) is 6.53.